The van der Waals surface area contributed by atoms with E-state index < -0.39 is 0 Å². The smallest absolute Gasteiger partial charge is 0.184 e. The summed E-state index contributed by atoms with van der Waals surface area (Å²) in [6, 6.07) is 18.6. The fourth-order valence-corrected chi connectivity index (χ4v) is 2.59. The van der Waals surface area contributed by atoms with Crippen molar-refractivity contribution in [2.45, 2.75) is 6.42 Å². The Balaban J connectivity index is 2.00. The minimum atomic E-state index is 0.186. The largest absolute Gasteiger partial charge is 0.375 e. The number of hydrazone groups is 1. The zero-order valence-electron chi connectivity index (χ0n) is 11.5. The van der Waals surface area contributed by atoms with Gasteiger partial charge in [-0.25, -0.2) is 0 Å². The van der Waals surface area contributed by atoms with Crippen molar-refractivity contribution in [3.8, 4) is 0 Å². The molecular weight excluding hydrogens is 280 g/mol. The van der Waals surface area contributed by atoms with Crippen LogP contribution in [0.4, 0.5) is 11.4 Å². The normalized spacial score (nSPS) is 15.6. The maximum atomic E-state index is 5.45. The van der Waals surface area contributed by atoms with Crippen LogP contribution in [-0.4, -0.2) is 17.4 Å². The summed E-state index contributed by atoms with van der Waals surface area (Å²) in [6.45, 7) is 0.874. The molecule has 3 rings (SSSR count). The topological polar surface area (TPSA) is 53.6 Å². The molecule has 1 aliphatic rings. The summed E-state index contributed by atoms with van der Waals surface area (Å²) in [6.07, 6.45) is 0.835. The third kappa shape index (κ3) is 2.87. The van der Waals surface area contributed by atoms with Crippen LogP contribution < -0.4 is 16.1 Å². The molecule has 0 aliphatic carbocycles. The van der Waals surface area contributed by atoms with Gasteiger partial charge in [-0.2, -0.15) is 5.10 Å². The van der Waals surface area contributed by atoms with Crippen molar-refractivity contribution in [2.75, 3.05) is 11.4 Å². The summed E-state index contributed by atoms with van der Waals surface area (Å²) >= 11 is 4.81. The SMILES string of the molecule is NC(=S)N/N=C1/CCN(c2ccccc2)c2ccccc21. The maximum Gasteiger partial charge on any atom is 0.184 e. The van der Waals surface area contributed by atoms with Gasteiger partial charge >= 0.3 is 0 Å². The highest BCUT2D eigenvalue weighted by atomic mass is 32.1. The molecule has 21 heavy (non-hydrogen) atoms. The highest BCUT2D eigenvalue weighted by molar-refractivity contribution is 7.80. The van der Waals surface area contributed by atoms with Crippen molar-refractivity contribution >= 4 is 34.4 Å². The molecule has 0 atom stereocenters. The Morgan fingerprint density at radius 1 is 1.10 bits per heavy atom. The van der Waals surface area contributed by atoms with E-state index in [1.807, 2.05) is 18.2 Å². The molecule has 106 valence electrons. The van der Waals surface area contributed by atoms with Gasteiger partial charge in [0.05, 0.1) is 11.4 Å². The first kappa shape index (κ1) is 13.6. The van der Waals surface area contributed by atoms with E-state index in [4.69, 9.17) is 18.0 Å². The Bertz CT molecular complexity index is 682. The van der Waals surface area contributed by atoms with E-state index >= 15 is 0 Å². The molecule has 0 bridgehead atoms. The molecule has 1 heterocycles. The second kappa shape index (κ2) is 5.93. The van der Waals surface area contributed by atoms with Gasteiger partial charge in [0.25, 0.3) is 0 Å². The summed E-state index contributed by atoms with van der Waals surface area (Å²) in [7, 11) is 0. The lowest BCUT2D eigenvalue weighted by Crippen LogP contribution is -2.31. The Morgan fingerprint density at radius 3 is 2.57 bits per heavy atom. The fourth-order valence-electron chi connectivity index (χ4n) is 2.54. The van der Waals surface area contributed by atoms with Crippen molar-refractivity contribution < 1.29 is 0 Å². The van der Waals surface area contributed by atoms with Crippen LogP contribution in [0.5, 0.6) is 0 Å². The zero-order chi connectivity index (χ0) is 14.7. The molecule has 2 aromatic carbocycles. The van der Waals surface area contributed by atoms with Crippen LogP contribution in [0.15, 0.2) is 59.7 Å². The van der Waals surface area contributed by atoms with Gasteiger partial charge in [-0.15, -0.1) is 0 Å². The number of thiocarbonyl (C=S) groups is 1. The van der Waals surface area contributed by atoms with Gasteiger partial charge in [0.2, 0.25) is 0 Å². The van der Waals surface area contributed by atoms with Crippen LogP contribution in [0.25, 0.3) is 0 Å². The van der Waals surface area contributed by atoms with E-state index in [2.05, 4.69) is 51.8 Å². The standard InChI is InChI=1S/C16H16N4S/c17-16(21)19-18-14-10-11-20(12-6-2-1-3-7-12)15-9-5-4-8-13(14)15/h1-9H,10-11H2,(H3,17,19,21)/b18-14-. The van der Waals surface area contributed by atoms with Gasteiger partial charge in [0.15, 0.2) is 5.11 Å². The number of hydrogen-bond acceptors (Lipinski definition) is 3. The van der Waals surface area contributed by atoms with Crippen molar-refractivity contribution in [2.24, 2.45) is 10.8 Å². The number of nitrogens with zero attached hydrogens (tertiary/aromatic N) is 2. The number of benzene rings is 2. The first-order valence-electron chi connectivity index (χ1n) is 6.80. The van der Waals surface area contributed by atoms with Crippen molar-refractivity contribution in [1.82, 2.24) is 5.43 Å². The number of hydrogen-bond donors (Lipinski definition) is 2. The average Bonchev–Trinajstić information content (AvgIpc) is 2.53. The van der Waals surface area contributed by atoms with Crippen LogP contribution in [0.3, 0.4) is 0 Å². The van der Waals surface area contributed by atoms with Gasteiger partial charge in [0.1, 0.15) is 0 Å². The Kier molecular flexibility index (Phi) is 3.83. The fraction of sp³-hybridized carbons (Fsp3) is 0.125. The molecular formula is C16H16N4S. The number of rotatable bonds is 2. The summed E-state index contributed by atoms with van der Waals surface area (Å²) in [5.74, 6) is 0. The predicted octanol–water partition coefficient (Wildman–Crippen LogP) is 2.77. The monoisotopic (exact) mass is 296 g/mol. The lowest BCUT2D eigenvalue weighted by molar-refractivity contribution is 0.916. The lowest BCUT2D eigenvalue weighted by atomic mass is 9.99. The molecule has 0 spiro atoms. The van der Waals surface area contributed by atoms with Crippen molar-refractivity contribution in [3.05, 3.63) is 60.2 Å². The summed E-state index contributed by atoms with van der Waals surface area (Å²) < 4.78 is 0. The van der Waals surface area contributed by atoms with E-state index in [1.54, 1.807) is 0 Å². The third-order valence-corrected chi connectivity index (χ3v) is 3.54. The average molecular weight is 296 g/mol. The van der Waals surface area contributed by atoms with E-state index in [9.17, 15) is 0 Å². The van der Waals surface area contributed by atoms with Crippen LogP contribution in [0.1, 0.15) is 12.0 Å². The molecule has 0 saturated carbocycles. The van der Waals surface area contributed by atoms with Gasteiger partial charge in [-0.3, -0.25) is 5.43 Å². The molecule has 0 amide bonds. The maximum absolute atomic E-state index is 5.45. The molecule has 5 heteroatoms. The number of nitrogens with two attached hydrogens (primary N) is 1. The van der Waals surface area contributed by atoms with Crippen LogP contribution in [0, 0.1) is 0 Å². The number of nitrogens with one attached hydrogen (secondary N) is 1. The molecule has 4 nitrogen and oxygen atoms in total. The van der Waals surface area contributed by atoms with E-state index in [-0.39, 0.29) is 5.11 Å². The number of para-hydroxylation sites is 2. The number of fused-ring (bicyclic) bond motifs is 1. The highest BCUT2D eigenvalue weighted by Crippen LogP contribution is 2.33. The van der Waals surface area contributed by atoms with Crippen LogP contribution in [0.2, 0.25) is 0 Å². The van der Waals surface area contributed by atoms with Crippen LogP contribution in [-0.2, 0) is 0 Å². The minimum Gasteiger partial charge on any atom is -0.375 e. The van der Waals surface area contributed by atoms with Gasteiger partial charge in [0, 0.05) is 24.2 Å². The summed E-state index contributed by atoms with van der Waals surface area (Å²) in [5.41, 5.74) is 12.6. The van der Waals surface area contributed by atoms with E-state index in [0.717, 1.165) is 29.9 Å². The molecule has 0 unspecified atom stereocenters. The highest BCUT2D eigenvalue weighted by Gasteiger charge is 2.22. The zero-order valence-corrected chi connectivity index (χ0v) is 12.3. The Morgan fingerprint density at radius 2 is 1.81 bits per heavy atom. The second-order valence-electron chi connectivity index (χ2n) is 4.79. The second-order valence-corrected chi connectivity index (χ2v) is 5.23. The summed E-state index contributed by atoms with van der Waals surface area (Å²) in [4.78, 5) is 2.30. The summed E-state index contributed by atoms with van der Waals surface area (Å²) in [5, 5.41) is 4.51. The Labute approximate surface area is 129 Å². The van der Waals surface area contributed by atoms with Gasteiger partial charge in [-0.05, 0) is 30.4 Å². The molecule has 1 aliphatic heterocycles. The third-order valence-electron chi connectivity index (χ3n) is 3.45. The van der Waals surface area contributed by atoms with E-state index in [1.165, 1.54) is 5.69 Å². The minimum absolute atomic E-state index is 0.186. The molecule has 0 saturated heterocycles. The molecule has 0 fully saturated rings. The van der Waals surface area contributed by atoms with Gasteiger partial charge in [-0.1, -0.05) is 36.4 Å². The van der Waals surface area contributed by atoms with Crippen LogP contribution >= 0.6 is 12.2 Å². The van der Waals surface area contributed by atoms with Gasteiger partial charge < -0.3 is 10.6 Å². The lowest BCUT2D eigenvalue weighted by Gasteiger charge is -2.32. The van der Waals surface area contributed by atoms with E-state index in [0.29, 0.717) is 0 Å². The van der Waals surface area contributed by atoms with Crippen molar-refractivity contribution in [3.63, 3.8) is 0 Å². The number of anilines is 2. The molecule has 0 radical (unpaired) electrons. The molecule has 2 aromatic rings. The predicted molar refractivity (Wildman–Crippen MR) is 91.0 cm³/mol. The quantitative estimate of drug-likeness (QED) is 0.661. The Hall–Kier alpha value is -2.40. The molecule has 0 aromatic heterocycles. The van der Waals surface area contributed by atoms with Crippen molar-refractivity contribution in [1.29, 1.82) is 0 Å². The molecule has 3 N–H and O–H groups in total. The first-order chi connectivity index (χ1) is 10.3. The first-order valence-corrected chi connectivity index (χ1v) is 7.20.